The van der Waals surface area contributed by atoms with Crippen LogP contribution in [0.4, 0.5) is 0 Å². The summed E-state index contributed by atoms with van der Waals surface area (Å²) in [6.07, 6.45) is 12.7. The van der Waals surface area contributed by atoms with Crippen LogP contribution in [-0.2, 0) is 0 Å². The monoisotopic (exact) mass is 226 g/mol. The highest BCUT2D eigenvalue weighted by Crippen LogP contribution is 2.27. The van der Waals surface area contributed by atoms with Crippen molar-refractivity contribution in [1.82, 2.24) is 0 Å². The third-order valence-electron chi connectivity index (χ3n) is 4.33. The molecule has 0 amide bonds. The molecule has 0 radical (unpaired) electrons. The fourth-order valence-electron chi connectivity index (χ4n) is 2.26. The van der Waals surface area contributed by atoms with E-state index in [1.807, 2.05) is 0 Å². The Kier molecular flexibility index (Phi) is 9.07. The van der Waals surface area contributed by atoms with Crippen molar-refractivity contribution in [3.63, 3.8) is 0 Å². The van der Waals surface area contributed by atoms with E-state index in [0.717, 1.165) is 5.92 Å². The highest BCUT2D eigenvalue weighted by molar-refractivity contribution is 4.66. The topological polar surface area (TPSA) is 0 Å². The van der Waals surface area contributed by atoms with Crippen LogP contribution in [0.3, 0.4) is 0 Å². The van der Waals surface area contributed by atoms with Gasteiger partial charge in [-0.05, 0) is 17.8 Å². The molecule has 16 heavy (non-hydrogen) atoms. The lowest BCUT2D eigenvalue weighted by molar-refractivity contribution is 0.306. The first kappa shape index (κ1) is 16.0. The van der Waals surface area contributed by atoms with E-state index in [4.69, 9.17) is 0 Å². The molecule has 0 aromatic carbocycles. The molecule has 0 fully saturated rings. The lowest BCUT2D eigenvalue weighted by atomic mass is 9.84. The molecule has 0 heteroatoms. The van der Waals surface area contributed by atoms with Gasteiger partial charge in [0.05, 0.1) is 0 Å². The summed E-state index contributed by atoms with van der Waals surface area (Å²) in [6.45, 7) is 11.8. The smallest absolute Gasteiger partial charge is 0.0357 e. The van der Waals surface area contributed by atoms with Gasteiger partial charge >= 0.3 is 0 Å². The Morgan fingerprint density at radius 2 is 1.38 bits per heavy atom. The molecule has 0 aliphatic carbocycles. The van der Waals surface area contributed by atoms with Crippen LogP contribution in [-0.4, -0.2) is 0 Å². The molecule has 0 nitrogen and oxygen atoms in total. The highest BCUT2D eigenvalue weighted by atomic mass is 14.2. The van der Waals surface area contributed by atoms with E-state index in [-0.39, 0.29) is 0 Å². The largest absolute Gasteiger partial charge is 0.0651 e. The third-order valence-corrected chi connectivity index (χ3v) is 4.33. The fourth-order valence-corrected chi connectivity index (χ4v) is 2.26. The van der Waals surface area contributed by atoms with Crippen LogP contribution in [0, 0.1) is 11.3 Å². The minimum Gasteiger partial charge on any atom is -0.0651 e. The first-order chi connectivity index (χ1) is 7.55. The van der Waals surface area contributed by atoms with Gasteiger partial charge in [-0.1, -0.05) is 86.0 Å². The predicted octanol–water partition coefficient (Wildman–Crippen LogP) is 6.20. The van der Waals surface area contributed by atoms with E-state index in [0.29, 0.717) is 5.41 Å². The van der Waals surface area contributed by atoms with Gasteiger partial charge in [-0.3, -0.25) is 0 Å². The minimum atomic E-state index is 0.579. The summed E-state index contributed by atoms with van der Waals surface area (Å²) in [5.41, 5.74) is 0.579. The molecular weight excluding hydrogens is 192 g/mol. The molecule has 0 aromatic rings. The second-order valence-corrected chi connectivity index (χ2v) is 6.15. The second kappa shape index (κ2) is 9.07. The number of hydrogen-bond donors (Lipinski definition) is 0. The maximum Gasteiger partial charge on any atom is -0.0357 e. The molecule has 0 bridgehead atoms. The second-order valence-electron chi connectivity index (χ2n) is 6.15. The first-order valence-electron chi connectivity index (χ1n) is 7.55. The highest BCUT2D eigenvalue weighted by Gasteiger charge is 2.13. The lowest BCUT2D eigenvalue weighted by Crippen LogP contribution is -2.08. The van der Waals surface area contributed by atoms with E-state index < -0.39 is 0 Å². The predicted molar refractivity (Wildman–Crippen MR) is 75.8 cm³/mol. The Balaban J connectivity index is 3.34. The van der Waals surface area contributed by atoms with Crippen LogP contribution in [0.5, 0.6) is 0 Å². The van der Waals surface area contributed by atoms with Crippen molar-refractivity contribution in [3.05, 3.63) is 0 Å². The van der Waals surface area contributed by atoms with Gasteiger partial charge in [0.15, 0.2) is 0 Å². The van der Waals surface area contributed by atoms with E-state index in [2.05, 4.69) is 34.6 Å². The number of hydrogen-bond acceptors (Lipinski definition) is 0. The van der Waals surface area contributed by atoms with Crippen molar-refractivity contribution in [3.8, 4) is 0 Å². The molecule has 0 N–H and O–H groups in total. The molecule has 0 rings (SSSR count). The zero-order chi connectivity index (χ0) is 12.4. The Bertz CT molecular complexity index is 142. The molecule has 0 aliphatic heterocycles. The van der Waals surface area contributed by atoms with Gasteiger partial charge in [0, 0.05) is 0 Å². The molecule has 0 atom stereocenters. The van der Waals surface area contributed by atoms with Crippen LogP contribution >= 0.6 is 0 Å². The molecule has 0 aromatic heterocycles. The zero-order valence-electron chi connectivity index (χ0n) is 12.4. The van der Waals surface area contributed by atoms with Gasteiger partial charge < -0.3 is 0 Å². The molecule has 0 saturated heterocycles. The van der Waals surface area contributed by atoms with Gasteiger partial charge in [-0.25, -0.2) is 0 Å². The lowest BCUT2D eigenvalue weighted by Gasteiger charge is -2.22. The zero-order valence-corrected chi connectivity index (χ0v) is 12.4. The summed E-state index contributed by atoms with van der Waals surface area (Å²) in [6, 6.07) is 0. The Morgan fingerprint density at radius 1 is 0.812 bits per heavy atom. The van der Waals surface area contributed by atoms with Gasteiger partial charge in [-0.2, -0.15) is 0 Å². The number of unbranched alkanes of at least 4 members (excludes halogenated alkanes) is 3. The third kappa shape index (κ3) is 8.19. The van der Waals surface area contributed by atoms with E-state index in [1.165, 1.54) is 57.8 Å². The Hall–Kier alpha value is 0. The maximum atomic E-state index is 2.40. The summed E-state index contributed by atoms with van der Waals surface area (Å²) in [5.74, 6) is 0.993. The minimum absolute atomic E-state index is 0.579. The average molecular weight is 226 g/mol. The summed E-state index contributed by atoms with van der Waals surface area (Å²) >= 11 is 0. The van der Waals surface area contributed by atoms with Crippen molar-refractivity contribution in [2.75, 3.05) is 0 Å². The molecular formula is C16H34. The van der Waals surface area contributed by atoms with E-state index >= 15 is 0 Å². The normalized spacial score (nSPS) is 12.4. The van der Waals surface area contributed by atoms with Crippen LogP contribution in [0.1, 0.15) is 92.4 Å². The van der Waals surface area contributed by atoms with Crippen LogP contribution < -0.4 is 0 Å². The van der Waals surface area contributed by atoms with Crippen LogP contribution in [0.15, 0.2) is 0 Å². The summed E-state index contributed by atoms with van der Waals surface area (Å²) < 4.78 is 0. The first-order valence-corrected chi connectivity index (χ1v) is 7.55. The van der Waals surface area contributed by atoms with Crippen molar-refractivity contribution in [2.45, 2.75) is 92.4 Å². The van der Waals surface area contributed by atoms with E-state index in [1.54, 1.807) is 0 Å². The van der Waals surface area contributed by atoms with Gasteiger partial charge in [0.2, 0.25) is 0 Å². The molecule has 0 aliphatic rings. The Labute approximate surface area is 104 Å². The van der Waals surface area contributed by atoms with Crippen molar-refractivity contribution < 1.29 is 0 Å². The van der Waals surface area contributed by atoms with Gasteiger partial charge in [0.1, 0.15) is 0 Å². The molecule has 98 valence electrons. The standard InChI is InChI=1S/C16H34/c1-6-15(7-2)13-11-9-10-12-14-16(4,5)8-3/h15H,6-14H2,1-5H3. The number of rotatable bonds is 10. The summed E-state index contributed by atoms with van der Waals surface area (Å²) in [4.78, 5) is 0. The molecule has 0 unspecified atom stereocenters. The quantitative estimate of drug-likeness (QED) is 0.389. The fraction of sp³-hybridized carbons (Fsp3) is 1.00. The van der Waals surface area contributed by atoms with Crippen LogP contribution in [0.2, 0.25) is 0 Å². The SMILES string of the molecule is CCC(CC)CCCCCCC(C)(C)CC. The molecule has 0 heterocycles. The van der Waals surface area contributed by atoms with Crippen LogP contribution in [0.25, 0.3) is 0 Å². The van der Waals surface area contributed by atoms with Gasteiger partial charge in [-0.15, -0.1) is 0 Å². The summed E-state index contributed by atoms with van der Waals surface area (Å²) in [5, 5.41) is 0. The molecule has 0 spiro atoms. The van der Waals surface area contributed by atoms with Crippen molar-refractivity contribution in [2.24, 2.45) is 11.3 Å². The molecule has 0 saturated carbocycles. The van der Waals surface area contributed by atoms with Crippen molar-refractivity contribution >= 4 is 0 Å². The van der Waals surface area contributed by atoms with E-state index in [9.17, 15) is 0 Å². The van der Waals surface area contributed by atoms with Crippen molar-refractivity contribution in [1.29, 1.82) is 0 Å². The summed E-state index contributed by atoms with van der Waals surface area (Å²) in [7, 11) is 0. The Morgan fingerprint density at radius 3 is 1.88 bits per heavy atom. The maximum absolute atomic E-state index is 2.40. The average Bonchev–Trinajstić information content (AvgIpc) is 2.28. The van der Waals surface area contributed by atoms with Gasteiger partial charge in [0.25, 0.3) is 0 Å².